The van der Waals surface area contributed by atoms with Crippen LogP contribution in [0.15, 0.2) is 64.0 Å². The molecule has 1 aliphatic heterocycles. The standard InChI is InChI=1S/C33H37N7O4S/c1-32(2,43)19-35-16-21-6-7-25-24(13-21)37-31(38-29(41)28-9-8-27(45-28)26-17-36-20-44-26)40(25)18-23-5-4-12-39(23)30(42)22(15-34)14-33(3)10-11-33/h6-9,13-14,17,20,23,35,43H,4-5,10-12,16,18-19H2,1-3H3,(H,37,38,41). The van der Waals surface area contributed by atoms with Crippen LogP contribution in [-0.2, 0) is 17.9 Å². The van der Waals surface area contributed by atoms with Crippen LogP contribution >= 0.6 is 11.3 Å². The van der Waals surface area contributed by atoms with Gasteiger partial charge in [-0.3, -0.25) is 9.59 Å². The molecule has 4 aromatic rings. The second-order valence-corrected chi connectivity index (χ2v) is 14.0. The third kappa shape index (κ3) is 7.01. The lowest BCUT2D eigenvalue weighted by Crippen LogP contribution is -2.40. The topological polar surface area (TPSA) is 153 Å². The molecule has 234 valence electrons. The number of carbonyl (C=O) groups is 2. The van der Waals surface area contributed by atoms with Gasteiger partial charge in [-0.25, -0.2) is 4.98 Å². The first-order valence-corrected chi connectivity index (χ1v) is 16.0. The van der Waals surface area contributed by atoms with Crippen molar-refractivity contribution in [3.05, 3.63) is 70.6 Å². The molecule has 2 fully saturated rings. The number of nitrogens with zero attached hydrogens (tertiary/aromatic N) is 5. The second kappa shape index (κ2) is 12.2. The number of nitriles is 1. The summed E-state index contributed by atoms with van der Waals surface area (Å²) in [7, 11) is 0. The number of aromatic amines is 1. The van der Waals surface area contributed by atoms with E-state index in [1.165, 1.54) is 17.7 Å². The fourth-order valence-corrected chi connectivity index (χ4v) is 6.52. The largest absolute Gasteiger partial charge is 0.443 e. The van der Waals surface area contributed by atoms with Gasteiger partial charge in [-0.05, 0) is 74.8 Å². The van der Waals surface area contributed by atoms with Gasteiger partial charge in [0.15, 0.2) is 12.2 Å². The van der Waals surface area contributed by atoms with Gasteiger partial charge in [0.25, 0.3) is 11.8 Å². The molecule has 2 aliphatic rings. The maximum Gasteiger partial charge on any atom is 0.290 e. The number of thiophene rings is 1. The van der Waals surface area contributed by atoms with Gasteiger partial charge in [-0.1, -0.05) is 19.1 Å². The lowest BCUT2D eigenvalue weighted by molar-refractivity contribution is -0.127. The van der Waals surface area contributed by atoms with Crippen LogP contribution in [0.1, 0.15) is 61.7 Å². The predicted octanol–water partition coefficient (Wildman–Crippen LogP) is 4.53. The summed E-state index contributed by atoms with van der Waals surface area (Å²) in [4.78, 5) is 41.8. The lowest BCUT2D eigenvalue weighted by atomic mass is 10.0. The number of rotatable bonds is 10. The van der Waals surface area contributed by atoms with Crippen LogP contribution in [0.2, 0.25) is 0 Å². The average molecular weight is 628 g/mol. The van der Waals surface area contributed by atoms with E-state index in [4.69, 9.17) is 4.42 Å². The van der Waals surface area contributed by atoms with Crippen molar-refractivity contribution in [2.75, 3.05) is 13.1 Å². The van der Waals surface area contributed by atoms with E-state index in [0.29, 0.717) is 42.4 Å². The molecular formula is C33H37N7O4S. The molecule has 2 amide bonds. The van der Waals surface area contributed by atoms with Gasteiger partial charge in [-0.2, -0.15) is 10.3 Å². The van der Waals surface area contributed by atoms with Gasteiger partial charge in [0.05, 0.1) is 38.6 Å². The van der Waals surface area contributed by atoms with Crippen molar-refractivity contribution in [2.24, 2.45) is 10.4 Å². The van der Waals surface area contributed by atoms with Crippen molar-refractivity contribution in [1.82, 2.24) is 24.8 Å². The number of amides is 2. The summed E-state index contributed by atoms with van der Waals surface area (Å²) in [6.45, 7) is 7.55. The van der Waals surface area contributed by atoms with E-state index in [2.05, 4.69) is 33.3 Å². The van der Waals surface area contributed by atoms with Crippen molar-refractivity contribution in [3.8, 4) is 16.7 Å². The minimum Gasteiger partial charge on any atom is -0.443 e. The van der Waals surface area contributed by atoms with E-state index in [-0.39, 0.29) is 22.9 Å². The number of hydrogen-bond acceptors (Lipinski definition) is 8. The Bertz CT molecular complexity index is 1860. The average Bonchev–Trinajstić information content (AvgIpc) is 3.56. The molecule has 1 saturated heterocycles. The van der Waals surface area contributed by atoms with Gasteiger partial charge >= 0.3 is 0 Å². The summed E-state index contributed by atoms with van der Waals surface area (Å²) in [6, 6.07) is 11.5. The smallest absolute Gasteiger partial charge is 0.290 e. The van der Waals surface area contributed by atoms with Crippen LogP contribution < -0.4 is 10.9 Å². The number of likely N-dealkylation sites (tertiary alicyclic amines) is 1. The molecule has 1 unspecified atom stereocenters. The Morgan fingerprint density at radius 3 is 2.87 bits per heavy atom. The van der Waals surface area contributed by atoms with Gasteiger partial charge < -0.3 is 29.3 Å². The normalized spacial score (nSPS) is 18.5. The number of H-pyrrole nitrogens is 1. The molecule has 1 atom stereocenters. The Morgan fingerprint density at radius 1 is 1.33 bits per heavy atom. The molecule has 6 rings (SSSR count). The quantitative estimate of drug-likeness (QED) is 0.173. The summed E-state index contributed by atoms with van der Waals surface area (Å²) in [5.41, 5.74) is 2.34. The zero-order valence-corrected chi connectivity index (χ0v) is 26.5. The highest BCUT2D eigenvalue weighted by molar-refractivity contribution is 7.17. The summed E-state index contributed by atoms with van der Waals surface area (Å²) in [5, 5.41) is 23.2. The number of aliphatic hydroxyl groups is 1. The first-order valence-electron chi connectivity index (χ1n) is 15.2. The van der Waals surface area contributed by atoms with Crippen molar-refractivity contribution in [2.45, 2.75) is 71.2 Å². The van der Waals surface area contributed by atoms with Crippen LogP contribution in [0, 0.1) is 16.7 Å². The van der Waals surface area contributed by atoms with Crippen molar-refractivity contribution in [1.29, 1.82) is 5.26 Å². The fourth-order valence-electron chi connectivity index (χ4n) is 5.68. The van der Waals surface area contributed by atoms with E-state index in [1.54, 1.807) is 31.0 Å². The van der Waals surface area contributed by atoms with Gasteiger partial charge in [-0.15, -0.1) is 11.3 Å². The van der Waals surface area contributed by atoms with E-state index in [1.807, 2.05) is 34.9 Å². The van der Waals surface area contributed by atoms with E-state index in [9.17, 15) is 20.0 Å². The maximum absolute atomic E-state index is 13.6. The highest BCUT2D eigenvalue weighted by Crippen LogP contribution is 2.47. The molecule has 0 bridgehead atoms. The van der Waals surface area contributed by atoms with Crippen LogP contribution in [0.25, 0.3) is 21.7 Å². The maximum atomic E-state index is 13.6. The summed E-state index contributed by atoms with van der Waals surface area (Å²) in [5.74, 6) is -0.0513. The monoisotopic (exact) mass is 627 g/mol. The predicted molar refractivity (Wildman–Crippen MR) is 170 cm³/mol. The van der Waals surface area contributed by atoms with Gasteiger partial charge in [0, 0.05) is 26.2 Å². The molecule has 45 heavy (non-hydrogen) atoms. The highest BCUT2D eigenvalue weighted by atomic mass is 32.1. The number of imidazole rings is 1. The molecule has 3 N–H and O–H groups in total. The van der Waals surface area contributed by atoms with Crippen molar-refractivity contribution in [3.63, 3.8) is 0 Å². The molecule has 12 heteroatoms. The third-order valence-electron chi connectivity index (χ3n) is 8.35. The Hall–Kier alpha value is -4.31. The molecule has 1 aromatic carbocycles. The SMILES string of the molecule is CC(C)(O)CNCc1ccc2c(c1)[nH]c(=NC(=O)c1ccc(-c3cnco3)s1)n2CC1CCCN1C(=O)C(C#N)=CC1(C)CC1. The minimum absolute atomic E-state index is 0.0669. The Morgan fingerprint density at radius 2 is 2.16 bits per heavy atom. The zero-order valence-electron chi connectivity index (χ0n) is 25.7. The summed E-state index contributed by atoms with van der Waals surface area (Å²) < 4.78 is 7.34. The van der Waals surface area contributed by atoms with Crippen LogP contribution in [-0.4, -0.2) is 61.1 Å². The number of aromatic nitrogens is 3. The highest BCUT2D eigenvalue weighted by Gasteiger charge is 2.38. The lowest BCUT2D eigenvalue weighted by Gasteiger charge is -2.25. The van der Waals surface area contributed by atoms with Crippen molar-refractivity contribution >= 4 is 34.2 Å². The van der Waals surface area contributed by atoms with E-state index >= 15 is 0 Å². The molecule has 1 saturated carbocycles. The molecule has 0 radical (unpaired) electrons. The Labute approximate surface area is 264 Å². The number of carbonyl (C=O) groups excluding carboxylic acids is 2. The second-order valence-electron chi connectivity index (χ2n) is 12.9. The first kappa shape index (κ1) is 30.7. The van der Waals surface area contributed by atoms with E-state index < -0.39 is 11.5 Å². The van der Waals surface area contributed by atoms with Crippen LogP contribution in [0.5, 0.6) is 0 Å². The molecule has 1 aliphatic carbocycles. The van der Waals surface area contributed by atoms with E-state index in [0.717, 1.165) is 47.2 Å². The number of benzene rings is 1. The number of nitrogens with one attached hydrogen (secondary N) is 2. The summed E-state index contributed by atoms with van der Waals surface area (Å²) >= 11 is 1.28. The summed E-state index contributed by atoms with van der Waals surface area (Å²) in [6.07, 6.45) is 8.36. The first-order chi connectivity index (χ1) is 21.5. The molecule has 3 aromatic heterocycles. The molecule has 11 nitrogen and oxygen atoms in total. The van der Waals surface area contributed by atoms with Gasteiger partial charge in [0.2, 0.25) is 5.62 Å². The van der Waals surface area contributed by atoms with Gasteiger partial charge in [0.1, 0.15) is 11.6 Å². The minimum atomic E-state index is -0.831. The van der Waals surface area contributed by atoms with Crippen molar-refractivity contribution < 1.29 is 19.1 Å². The number of allylic oxidation sites excluding steroid dienone is 1. The Kier molecular flexibility index (Phi) is 8.35. The number of fused-ring (bicyclic) bond motifs is 1. The molecular weight excluding hydrogens is 590 g/mol. The third-order valence-corrected chi connectivity index (χ3v) is 9.44. The number of hydrogen-bond donors (Lipinski definition) is 3. The Balaban J connectivity index is 1.33. The zero-order chi connectivity index (χ0) is 31.8. The van der Waals surface area contributed by atoms with Crippen LogP contribution in [0.4, 0.5) is 0 Å². The van der Waals surface area contributed by atoms with Crippen LogP contribution in [0.3, 0.4) is 0 Å². The molecule has 0 spiro atoms. The molecule has 4 heterocycles. The fraction of sp³-hybridized carbons (Fsp3) is 0.424. The number of oxazole rings is 1.